The molecule has 27 heavy (non-hydrogen) atoms. The number of anilines is 1. The number of halogens is 2. The van der Waals surface area contributed by atoms with E-state index in [1.807, 2.05) is 0 Å². The molecule has 0 spiro atoms. The zero-order valence-electron chi connectivity index (χ0n) is 14.5. The molecule has 0 unspecified atom stereocenters. The van der Waals surface area contributed by atoms with Crippen molar-refractivity contribution in [2.45, 2.75) is 6.54 Å². The number of benzene rings is 1. The number of rotatable bonds is 7. The van der Waals surface area contributed by atoms with Gasteiger partial charge in [0, 0.05) is 31.1 Å². The lowest BCUT2D eigenvalue weighted by Crippen LogP contribution is -2.19. The second-order valence-electron chi connectivity index (χ2n) is 5.61. The first-order chi connectivity index (χ1) is 13.1. The Balaban J connectivity index is 1.85. The third-order valence-corrected chi connectivity index (χ3v) is 4.04. The minimum atomic E-state index is -0.532. The quantitative estimate of drug-likeness (QED) is 0.162. The van der Waals surface area contributed by atoms with E-state index < -0.39 is 5.82 Å². The summed E-state index contributed by atoms with van der Waals surface area (Å²) in [5, 5.41) is 18.8. The second-order valence-corrected chi connectivity index (χ2v) is 6.02. The normalized spacial score (nSPS) is 11.9. The monoisotopic (exact) mass is 392 g/mol. The number of aromatic amines is 1. The van der Waals surface area contributed by atoms with Crippen LogP contribution in [0.15, 0.2) is 35.6 Å². The minimum absolute atomic E-state index is 0.0388. The lowest BCUT2D eigenvalue weighted by Gasteiger charge is -2.09. The molecule has 2 heterocycles. The predicted molar refractivity (Wildman–Crippen MR) is 101 cm³/mol. The van der Waals surface area contributed by atoms with Crippen molar-refractivity contribution in [3.05, 3.63) is 52.7 Å². The van der Waals surface area contributed by atoms with Crippen LogP contribution in [0.2, 0.25) is 5.02 Å². The summed E-state index contributed by atoms with van der Waals surface area (Å²) in [6.45, 7) is 1.78. The maximum Gasteiger partial charge on any atom is 0.179 e. The van der Waals surface area contributed by atoms with Crippen LogP contribution in [0.3, 0.4) is 0 Å². The smallest absolute Gasteiger partial charge is 0.179 e. The number of imidazole rings is 1. The number of methoxy groups -OCH3 is 1. The van der Waals surface area contributed by atoms with E-state index in [1.165, 1.54) is 18.2 Å². The van der Waals surface area contributed by atoms with Crippen molar-refractivity contribution in [1.29, 1.82) is 0 Å². The SMILES string of the molecule is COCCNCc1nc2nccc(/C(=N/O)Nc3ccc(F)c(Cl)c3)c2[nH]1. The molecule has 0 saturated carbocycles. The van der Waals surface area contributed by atoms with Gasteiger partial charge in [0.2, 0.25) is 0 Å². The fourth-order valence-electron chi connectivity index (χ4n) is 2.48. The molecule has 8 nitrogen and oxygen atoms in total. The van der Waals surface area contributed by atoms with Gasteiger partial charge in [-0.15, -0.1) is 0 Å². The zero-order chi connectivity index (χ0) is 19.2. The van der Waals surface area contributed by atoms with Crippen LogP contribution >= 0.6 is 11.6 Å². The predicted octanol–water partition coefficient (Wildman–Crippen LogP) is 2.73. The molecule has 10 heteroatoms. The Labute approximate surface area is 159 Å². The molecule has 0 bridgehead atoms. The number of nitrogens with one attached hydrogen (secondary N) is 3. The van der Waals surface area contributed by atoms with Gasteiger partial charge in [0.1, 0.15) is 11.6 Å². The standard InChI is InChI=1S/C17H18ClFN6O2/c1-27-7-6-20-9-14-23-15-11(4-5-21-17(15)24-14)16(25-26)22-10-2-3-13(19)12(18)8-10/h2-5,8,20,26H,6-7,9H2,1H3,(H,22,25)(H,21,23,24). The van der Waals surface area contributed by atoms with E-state index in [9.17, 15) is 9.60 Å². The molecule has 4 N–H and O–H groups in total. The highest BCUT2D eigenvalue weighted by molar-refractivity contribution is 6.31. The highest BCUT2D eigenvalue weighted by Gasteiger charge is 2.14. The van der Waals surface area contributed by atoms with E-state index in [2.05, 4.69) is 30.7 Å². The van der Waals surface area contributed by atoms with Crippen LogP contribution in [0.4, 0.5) is 10.1 Å². The number of pyridine rings is 1. The van der Waals surface area contributed by atoms with E-state index in [0.717, 1.165) is 0 Å². The van der Waals surface area contributed by atoms with Gasteiger partial charge in [-0.1, -0.05) is 16.8 Å². The van der Waals surface area contributed by atoms with Gasteiger partial charge < -0.3 is 25.6 Å². The Morgan fingerprint density at radius 1 is 1.41 bits per heavy atom. The summed E-state index contributed by atoms with van der Waals surface area (Å²) in [5.74, 6) is 0.297. The Morgan fingerprint density at radius 3 is 3.00 bits per heavy atom. The van der Waals surface area contributed by atoms with Crippen molar-refractivity contribution in [3.63, 3.8) is 0 Å². The fourth-order valence-corrected chi connectivity index (χ4v) is 2.66. The van der Waals surface area contributed by atoms with Crippen molar-refractivity contribution in [2.24, 2.45) is 5.16 Å². The van der Waals surface area contributed by atoms with Crippen LogP contribution in [0.25, 0.3) is 11.2 Å². The van der Waals surface area contributed by atoms with Crippen molar-refractivity contribution in [3.8, 4) is 0 Å². The highest BCUT2D eigenvalue weighted by atomic mass is 35.5. The van der Waals surface area contributed by atoms with Gasteiger partial charge in [-0.25, -0.2) is 14.4 Å². The number of hydrogen-bond acceptors (Lipinski definition) is 6. The number of amidine groups is 1. The summed E-state index contributed by atoms with van der Waals surface area (Å²) in [5.41, 5.74) is 2.12. The summed E-state index contributed by atoms with van der Waals surface area (Å²) in [4.78, 5) is 11.8. The molecule has 0 fully saturated rings. The van der Waals surface area contributed by atoms with Crippen molar-refractivity contribution >= 4 is 34.3 Å². The summed E-state index contributed by atoms with van der Waals surface area (Å²) in [7, 11) is 1.64. The van der Waals surface area contributed by atoms with Crippen LogP contribution in [-0.4, -0.2) is 46.3 Å². The maximum absolute atomic E-state index is 13.3. The molecule has 142 valence electrons. The van der Waals surface area contributed by atoms with Crippen LogP contribution in [-0.2, 0) is 11.3 Å². The second kappa shape index (κ2) is 8.76. The van der Waals surface area contributed by atoms with Gasteiger partial charge >= 0.3 is 0 Å². The lowest BCUT2D eigenvalue weighted by atomic mass is 10.2. The third-order valence-electron chi connectivity index (χ3n) is 3.75. The van der Waals surface area contributed by atoms with Crippen LogP contribution < -0.4 is 10.6 Å². The van der Waals surface area contributed by atoms with E-state index in [0.29, 0.717) is 47.9 Å². The van der Waals surface area contributed by atoms with Crippen molar-refractivity contribution < 1.29 is 14.3 Å². The Kier molecular flexibility index (Phi) is 6.17. The lowest BCUT2D eigenvalue weighted by molar-refractivity contribution is 0.199. The highest BCUT2D eigenvalue weighted by Crippen LogP contribution is 2.21. The van der Waals surface area contributed by atoms with Crippen LogP contribution in [0, 0.1) is 5.82 Å². The number of H-pyrrole nitrogens is 1. The van der Waals surface area contributed by atoms with Gasteiger partial charge in [-0.2, -0.15) is 0 Å². The molecule has 3 rings (SSSR count). The van der Waals surface area contributed by atoms with Gasteiger partial charge in [-0.3, -0.25) is 0 Å². The first kappa shape index (κ1) is 19.0. The first-order valence-electron chi connectivity index (χ1n) is 8.10. The minimum Gasteiger partial charge on any atom is -0.409 e. The number of nitrogens with zero attached hydrogens (tertiary/aromatic N) is 3. The first-order valence-corrected chi connectivity index (χ1v) is 8.48. The summed E-state index contributed by atoms with van der Waals surface area (Å²) >= 11 is 5.80. The maximum atomic E-state index is 13.3. The van der Waals surface area contributed by atoms with E-state index in [1.54, 1.807) is 19.4 Å². The van der Waals surface area contributed by atoms with Gasteiger partial charge in [0.25, 0.3) is 0 Å². The Bertz CT molecular complexity index is 962. The van der Waals surface area contributed by atoms with Crippen LogP contribution in [0.5, 0.6) is 0 Å². The average Bonchev–Trinajstić information content (AvgIpc) is 3.09. The molecule has 2 aromatic heterocycles. The van der Waals surface area contributed by atoms with Gasteiger partial charge in [-0.05, 0) is 24.3 Å². The number of aromatic nitrogens is 3. The number of oxime groups is 1. The Morgan fingerprint density at radius 2 is 2.26 bits per heavy atom. The Hall–Kier alpha value is -2.75. The van der Waals surface area contributed by atoms with E-state index in [4.69, 9.17) is 16.3 Å². The van der Waals surface area contributed by atoms with Crippen molar-refractivity contribution in [2.75, 3.05) is 25.6 Å². The average molecular weight is 393 g/mol. The van der Waals surface area contributed by atoms with Gasteiger partial charge in [0.15, 0.2) is 11.5 Å². The molecule has 0 aliphatic heterocycles. The topological polar surface area (TPSA) is 107 Å². The number of hydrogen-bond donors (Lipinski definition) is 4. The molecule has 0 amide bonds. The zero-order valence-corrected chi connectivity index (χ0v) is 15.2. The largest absolute Gasteiger partial charge is 0.409 e. The summed E-state index contributed by atoms with van der Waals surface area (Å²) in [6, 6.07) is 5.79. The summed E-state index contributed by atoms with van der Waals surface area (Å²) in [6.07, 6.45) is 1.56. The van der Waals surface area contributed by atoms with Crippen molar-refractivity contribution in [1.82, 2.24) is 20.3 Å². The molecular formula is C17H18ClFN6O2. The fraction of sp³-hybridized carbons (Fsp3) is 0.235. The molecule has 0 saturated heterocycles. The molecular weight excluding hydrogens is 375 g/mol. The molecule has 0 aliphatic rings. The molecule has 0 aliphatic carbocycles. The summed E-state index contributed by atoms with van der Waals surface area (Å²) < 4.78 is 18.3. The van der Waals surface area contributed by atoms with Gasteiger partial charge in [0.05, 0.1) is 23.7 Å². The van der Waals surface area contributed by atoms with E-state index >= 15 is 0 Å². The number of ether oxygens (including phenoxy) is 1. The third kappa shape index (κ3) is 4.51. The number of fused-ring (bicyclic) bond motifs is 1. The molecule has 1 aromatic carbocycles. The van der Waals surface area contributed by atoms with Crippen LogP contribution in [0.1, 0.15) is 11.4 Å². The van der Waals surface area contributed by atoms with E-state index in [-0.39, 0.29) is 10.9 Å². The molecule has 0 atom stereocenters. The molecule has 3 aromatic rings. The molecule has 0 radical (unpaired) electrons.